The molecule has 3 nitrogen and oxygen atoms in total. The number of aromatic nitrogens is 1. The van der Waals surface area contributed by atoms with Gasteiger partial charge in [-0.15, -0.1) is 0 Å². The van der Waals surface area contributed by atoms with Crippen molar-refractivity contribution in [2.75, 3.05) is 18.5 Å². The van der Waals surface area contributed by atoms with Gasteiger partial charge in [0.25, 0.3) is 0 Å². The molecule has 1 aromatic heterocycles. The highest BCUT2D eigenvalue weighted by atomic mass is 15.2. The molecule has 0 bridgehead atoms. The smallest absolute Gasteiger partial charge is 0.129 e. The van der Waals surface area contributed by atoms with E-state index in [9.17, 15) is 0 Å². The molecule has 1 aromatic rings. The van der Waals surface area contributed by atoms with E-state index in [2.05, 4.69) is 55.2 Å². The van der Waals surface area contributed by atoms with Gasteiger partial charge < -0.3 is 10.2 Å². The second-order valence-electron chi connectivity index (χ2n) is 5.44. The van der Waals surface area contributed by atoms with E-state index in [0.29, 0.717) is 6.04 Å². The van der Waals surface area contributed by atoms with Gasteiger partial charge in [-0.2, -0.15) is 0 Å². The van der Waals surface area contributed by atoms with E-state index in [0.717, 1.165) is 30.5 Å². The molecule has 1 atom stereocenters. The largest absolute Gasteiger partial charge is 0.357 e. The predicted octanol–water partition coefficient (Wildman–Crippen LogP) is 2.73. The number of rotatable bonds is 6. The van der Waals surface area contributed by atoms with Gasteiger partial charge in [-0.25, -0.2) is 4.98 Å². The van der Waals surface area contributed by atoms with E-state index in [1.54, 1.807) is 0 Å². The first-order chi connectivity index (χ1) is 8.61. The summed E-state index contributed by atoms with van der Waals surface area (Å²) in [5.74, 6) is 1.98. The topological polar surface area (TPSA) is 28.2 Å². The number of hydrogen-bond donors (Lipinski definition) is 1. The summed E-state index contributed by atoms with van der Waals surface area (Å²) in [6, 6.07) is 4.99. The van der Waals surface area contributed by atoms with Crippen LogP contribution < -0.4 is 10.2 Å². The van der Waals surface area contributed by atoms with Crippen LogP contribution in [0.2, 0.25) is 0 Å². The maximum Gasteiger partial charge on any atom is 0.129 e. The maximum absolute atomic E-state index is 4.67. The van der Waals surface area contributed by atoms with Gasteiger partial charge >= 0.3 is 0 Å². The lowest BCUT2D eigenvalue weighted by molar-refractivity contribution is 0.602. The van der Waals surface area contributed by atoms with Crippen LogP contribution in [-0.2, 0) is 6.54 Å². The Hall–Kier alpha value is -1.09. The third-order valence-electron chi connectivity index (χ3n) is 3.86. The molecule has 100 valence electrons. The first kappa shape index (κ1) is 13.3. The molecule has 0 amide bonds. The Morgan fingerprint density at radius 3 is 2.78 bits per heavy atom. The molecule has 0 aliphatic heterocycles. The van der Waals surface area contributed by atoms with Crippen molar-refractivity contribution >= 4 is 5.82 Å². The SMILES string of the molecule is CCNCc1cc(C)nc(N(C)C(C)C2CC2)c1. The van der Waals surface area contributed by atoms with Gasteiger partial charge in [0.1, 0.15) is 5.82 Å². The van der Waals surface area contributed by atoms with Crippen molar-refractivity contribution in [1.82, 2.24) is 10.3 Å². The summed E-state index contributed by atoms with van der Waals surface area (Å²) in [7, 11) is 2.17. The van der Waals surface area contributed by atoms with E-state index in [1.165, 1.54) is 18.4 Å². The molecule has 3 heteroatoms. The minimum absolute atomic E-state index is 0.603. The van der Waals surface area contributed by atoms with Gasteiger partial charge in [-0.05, 0) is 56.8 Å². The lowest BCUT2D eigenvalue weighted by atomic mass is 10.1. The Kier molecular flexibility index (Phi) is 4.23. The molecule has 2 rings (SSSR count). The van der Waals surface area contributed by atoms with Crippen LogP contribution in [-0.4, -0.2) is 24.6 Å². The van der Waals surface area contributed by atoms with Gasteiger partial charge in [-0.1, -0.05) is 6.92 Å². The fourth-order valence-corrected chi connectivity index (χ4v) is 2.38. The molecular weight excluding hydrogens is 222 g/mol. The molecule has 0 aromatic carbocycles. The van der Waals surface area contributed by atoms with Crippen molar-refractivity contribution < 1.29 is 0 Å². The average molecular weight is 247 g/mol. The van der Waals surface area contributed by atoms with Crippen LogP contribution in [0.4, 0.5) is 5.82 Å². The van der Waals surface area contributed by atoms with Crippen molar-refractivity contribution in [3.05, 3.63) is 23.4 Å². The summed E-state index contributed by atoms with van der Waals surface area (Å²) >= 11 is 0. The summed E-state index contributed by atoms with van der Waals surface area (Å²) in [5.41, 5.74) is 2.43. The van der Waals surface area contributed by atoms with E-state index in [4.69, 9.17) is 0 Å². The molecule has 1 saturated carbocycles. The van der Waals surface area contributed by atoms with Crippen molar-refractivity contribution in [1.29, 1.82) is 0 Å². The molecule has 1 aliphatic carbocycles. The average Bonchev–Trinajstić information content (AvgIpc) is 3.18. The summed E-state index contributed by atoms with van der Waals surface area (Å²) in [6.07, 6.45) is 2.75. The van der Waals surface area contributed by atoms with E-state index in [1.807, 2.05) is 0 Å². The molecule has 0 radical (unpaired) electrons. The number of anilines is 1. The number of aryl methyl sites for hydroxylation is 1. The van der Waals surface area contributed by atoms with E-state index in [-0.39, 0.29) is 0 Å². The maximum atomic E-state index is 4.67. The predicted molar refractivity (Wildman–Crippen MR) is 76.9 cm³/mol. The number of pyridine rings is 1. The minimum atomic E-state index is 0.603. The number of nitrogens with zero attached hydrogens (tertiary/aromatic N) is 2. The van der Waals surface area contributed by atoms with E-state index >= 15 is 0 Å². The number of nitrogens with one attached hydrogen (secondary N) is 1. The Balaban J connectivity index is 2.12. The van der Waals surface area contributed by atoms with Crippen molar-refractivity contribution in [3.63, 3.8) is 0 Å². The molecule has 1 aliphatic rings. The van der Waals surface area contributed by atoms with Crippen molar-refractivity contribution in [2.45, 2.75) is 46.2 Å². The molecule has 1 unspecified atom stereocenters. The summed E-state index contributed by atoms with van der Waals surface area (Å²) < 4.78 is 0. The van der Waals surface area contributed by atoms with Crippen molar-refractivity contribution in [2.24, 2.45) is 5.92 Å². The Morgan fingerprint density at radius 1 is 1.44 bits per heavy atom. The van der Waals surface area contributed by atoms with E-state index < -0.39 is 0 Å². The Bertz CT molecular complexity index is 399. The van der Waals surface area contributed by atoms with Gasteiger partial charge in [0.15, 0.2) is 0 Å². The lowest BCUT2D eigenvalue weighted by Gasteiger charge is -2.26. The standard InChI is InChI=1S/C15H25N3/c1-5-16-10-13-8-11(2)17-15(9-13)18(4)12(3)14-6-7-14/h8-9,12,14,16H,5-7,10H2,1-4H3. The first-order valence-corrected chi connectivity index (χ1v) is 7.03. The molecule has 0 saturated heterocycles. The van der Waals surface area contributed by atoms with Gasteiger partial charge in [0, 0.05) is 25.3 Å². The zero-order valence-corrected chi connectivity index (χ0v) is 12.0. The third kappa shape index (κ3) is 3.22. The summed E-state index contributed by atoms with van der Waals surface area (Å²) in [5, 5.41) is 3.38. The van der Waals surface area contributed by atoms with Crippen LogP contribution in [0.25, 0.3) is 0 Å². The zero-order valence-electron chi connectivity index (χ0n) is 12.0. The third-order valence-corrected chi connectivity index (χ3v) is 3.86. The van der Waals surface area contributed by atoms with Crippen LogP contribution in [0.3, 0.4) is 0 Å². The van der Waals surface area contributed by atoms with Crippen molar-refractivity contribution in [3.8, 4) is 0 Å². The highest BCUT2D eigenvalue weighted by molar-refractivity contribution is 5.43. The fraction of sp³-hybridized carbons (Fsp3) is 0.667. The van der Waals surface area contributed by atoms with Crippen LogP contribution in [0.15, 0.2) is 12.1 Å². The van der Waals surface area contributed by atoms with Crippen LogP contribution >= 0.6 is 0 Å². The first-order valence-electron chi connectivity index (χ1n) is 7.03. The summed E-state index contributed by atoms with van der Waals surface area (Å²) in [6.45, 7) is 8.46. The van der Waals surface area contributed by atoms with Gasteiger partial charge in [-0.3, -0.25) is 0 Å². The second kappa shape index (κ2) is 5.70. The lowest BCUT2D eigenvalue weighted by Crippen LogP contribution is -2.31. The highest BCUT2D eigenvalue weighted by Crippen LogP contribution is 2.36. The van der Waals surface area contributed by atoms with Crippen LogP contribution in [0.1, 0.15) is 37.9 Å². The quantitative estimate of drug-likeness (QED) is 0.838. The molecule has 0 spiro atoms. The summed E-state index contributed by atoms with van der Waals surface area (Å²) in [4.78, 5) is 7.00. The zero-order chi connectivity index (χ0) is 13.1. The Labute approximate surface area is 111 Å². The monoisotopic (exact) mass is 247 g/mol. The second-order valence-corrected chi connectivity index (χ2v) is 5.44. The van der Waals surface area contributed by atoms with Gasteiger partial charge in [0.05, 0.1) is 0 Å². The molecule has 1 fully saturated rings. The number of hydrogen-bond acceptors (Lipinski definition) is 3. The molecule has 18 heavy (non-hydrogen) atoms. The normalized spacial score (nSPS) is 16.7. The van der Waals surface area contributed by atoms with Crippen LogP contribution in [0, 0.1) is 12.8 Å². The van der Waals surface area contributed by atoms with Gasteiger partial charge in [0.2, 0.25) is 0 Å². The Morgan fingerprint density at radius 2 is 2.17 bits per heavy atom. The molecule has 1 heterocycles. The molecular formula is C15H25N3. The minimum Gasteiger partial charge on any atom is -0.357 e. The molecule has 1 N–H and O–H groups in total. The fourth-order valence-electron chi connectivity index (χ4n) is 2.38. The highest BCUT2D eigenvalue weighted by Gasteiger charge is 2.31. The van der Waals surface area contributed by atoms with Crippen LogP contribution in [0.5, 0.6) is 0 Å².